The number of para-hydroxylation sites is 1. The third-order valence-corrected chi connectivity index (χ3v) is 4.02. The standard InChI is InChI=1S/C14H17F2N3O.2ClH/c15-10-2-1-3-11(16)12(10)19-7-4-9(8-19)18-13(20)14(17)5-6-14;;/h1-3,9H,4-8,17H2,(H,18,20);2*1H. The number of halogens is 4. The van der Waals surface area contributed by atoms with Crippen molar-refractivity contribution in [2.24, 2.45) is 5.73 Å². The summed E-state index contributed by atoms with van der Waals surface area (Å²) in [5.74, 6) is -1.30. The van der Waals surface area contributed by atoms with Crippen LogP contribution in [0.5, 0.6) is 0 Å². The number of carbonyl (C=O) groups excluding carboxylic acids is 1. The summed E-state index contributed by atoms with van der Waals surface area (Å²) in [6, 6.07) is 3.71. The Balaban J connectivity index is 0.00000121. The fourth-order valence-corrected chi connectivity index (χ4v) is 2.56. The van der Waals surface area contributed by atoms with E-state index in [0.717, 1.165) is 0 Å². The number of nitrogens with one attached hydrogen (secondary N) is 1. The van der Waals surface area contributed by atoms with Crippen molar-refractivity contribution in [3.05, 3.63) is 29.8 Å². The number of hydrogen-bond acceptors (Lipinski definition) is 3. The van der Waals surface area contributed by atoms with Crippen LogP contribution in [0, 0.1) is 11.6 Å². The van der Waals surface area contributed by atoms with Gasteiger partial charge in [-0.25, -0.2) is 8.78 Å². The summed E-state index contributed by atoms with van der Waals surface area (Å²) in [6.07, 6.45) is 2.07. The molecule has 0 aromatic heterocycles. The Morgan fingerprint density at radius 1 is 1.27 bits per heavy atom. The van der Waals surface area contributed by atoms with E-state index >= 15 is 0 Å². The highest BCUT2D eigenvalue weighted by Crippen LogP contribution is 2.33. The number of amides is 1. The average Bonchev–Trinajstić information content (AvgIpc) is 2.98. The molecule has 1 unspecified atom stereocenters. The summed E-state index contributed by atoms with van der Waals surface area (Å²) < 4.78 is 27.4. The van der Waals surface area contributed by atoms with Crippen LogP contribution in [0.4, 0.5) is 14.5 Å². The van der Waals surface area contributed by atoms with Gasteiger partial charge in [0.15, 0.2) is 0 Å². The molecular weight excluding hydrogens is 335 g/mol. The minimum atomic E-state index is -0.712. The maximum absolute atomic E-state index is 13.7. The van der Waals surface area contributed by atoms with E-state index in [-0.39, 0.29) is 42.5 Å². The number of nitrogens with two attached hydrogens (primary N) is 1. The largest absolute Gasteiger partial charge is 0.365 e. The van der Waals surface area contributed by atoms with Crippen LogP contribution in [0.15, 0.2) is 18.2 Å². The zero-order chi connectivity index (χ0) is 14.3. The van der Waals surface area contributed by atoms with Crippen LogP contribution < -0.4 is 16.0 Å². The van der Waals surface area contributed by atoms with Crippen molar-refractivity contribution in [2.45, 2.75) is 30.8 Å². The van der Waals surface area contributed by atoms with Gasteiger partial charge in [-0.15, -0.1) is 24.8 Å². The van der Waals surface area contributed by atoms with Crippen molar-refractivity contribution in [3.8, 4) is 0 Å². The fourth-order valence-electron chi connectivity index (χ4n) is 2.56. The van der Waals surface area contributed by atoms with Crippen molar-refractivity contribution in [1.82, 2.24) is 5.32 Å². The van der Waals surface area contributed by atoms with Gasteiger partial charge in [-0.05, 0) is 31.4 Å². The van der Waals surface area contributed by atoms with E-state index in [0.29, 0.717) is 32.4 Å². The first-order chi connectivity index (χ1) is 9.49. The van der Waals surface area contributed by atoms with Gasteiger partial charge >= 0.3 is 0 Å². The third-order valence-electron chi connectivity index (χ3n) is 4.02. The number of anilines is 1. The van der Waals surface area contributed by atoms with Crippen molar-refractivity contribution in [1.29, 1.82) is 0 Å². The Labute approximate surface area is 140 Å². The lowest BCUT2D eigenvalue weighted by molar-refractivity contribution is -0.123. The van der Waals surface area contributed by atoms with E-state index in [1.165, 1.54) is 18.2 Å². The maximum Gasteiger partial charge on any atom is 0.240 e. The Morgan fingerprint density at radius 3 is 2.41 bits per heavy atom. The second-order valence-corrected chi connectivity index (χ2v) is 5.63. The molecule has 1 heterocycles. The fraction of sp³-hybridized carbons (Fsp3) is 0.500. The predicted molar refractivity (Wildman–Crippen MR) is 85.8 cm³/mol. The molecule has 124 valence electrons. The highest BCUT2D eigenvalue weighted by Gasteiger charge is 2.46. The van der Waals surface area contributed by atoms with Crippen molar-refractivity contribution < 1.29 is 13.6 Å². The van der Waals surface area contributed by atoms with Crippen LogP contribution in [0.3, 0.4) is 0 Å². The summed E-state index contributed by atoms with van der Waals surface area (Å²) in [5, 5.41) is 2.87. The van der Waals surface area contributed by atoms with E-state index < -0.39 is 17.2 Å². The number of nitrogens with zero attached hydrogens (tertiary/aromatic N) is 1. The molecule has 1 aromatic rings. The summed E-state index contributed by atoms with van der Waals surface area (Å²) in [5.41, 5.74) is 5.09. The normalized spacial score (nSPS) is 21.6. The molecule has 1 atom stereocenters. The molecule has 4 nitrogen and oxygen atoms in total. The number of hydrogen-bond donors (Lipinski definition) is 2. The van der Waals surface area contributed by atoms with E-state index in [4.69, 9.17) is 5.73 Å². The van der Waals surface area contributed by atoms with Gasteiger partial charge in [-0.2, -0.15) is 0 Å². The van der Waals surface area contributed by atoms with Gasteiger partial charge in [-0.1, -0.05) is 6.07 Å². The van der Waals surface area contributed by atoms with Gasteiger partial charge in [0, 0.05) is 19.1 Å². The van der Waals surface area contributed by atoms with Crippen LogP contribution in [0.2, 0.25) is 0 Å². The van der Waals surface area contributed by atoms with E-state index in [2.05, 4.69) is 5.32 Å². The molecule has 22 heavy (non-hydrogen) atoms. The van der Waals surface area contributed by atoms with Crippen LogP contribution in [-0.2, 0) is 4.79 Å². The second-order valence-electron chi connectivity index (χ2n) is 5.63. The quantitative estimate of drug-likeness (QED) is 0.873. The average molecular weight is 354 g/mol. The molecule has 2 aliphatic rings. The van der Waals surface area contributed by atoms with E-state index in [9.17, 15) is 13.6 Å². The molecule has 1 saturated heterocycles. The molecule has 8 heteroatoms. The zero-order valence-electron chi connectivity index (χ0n) is 11.9. The zero-order valence-corrected chi connectivity index (χ0v) is 13.5. The Kier molecular flexibility index (Phi) is 6.01. The summed E-state index contributed by atoms with van der Waals surface area (Å²) in [6.45, 7) is 0.917. The maximum atomic E-state index is 13.7. The monoisotopic (exact) mass is 353 g/mol. The molecule has 0 radical (unpaired) electrons. The topological polar surface area (TPSA) is 58.4 Å². The highest BCUT2D eigenvalue weighted by molar-refractivity contribution is 5.89. The molecule has 3 N–H and O–H groups in total. The van der Waals surface area contributed by atoms with Gasteiger partial charge in [0.2, 0.25) is 5.91 Å². The minimum absolute atomic E-state index is 0. The van der Waals surface area contributed by atoms with E-state index in [1.54, 1.807) is 4.90 Å². The van der Waals surface area contributed by atoms with Crippen LogP contribution in [0.1, 0.15) is 19.3 Å². The molecule has 1 amide bonds. The summed E-state index contributed by atoms with van der Waals surface area (Å²) >= 11 is 0. The van der Waals surface area contributed by atoms with Gasteiger partial charge in [0.05, 0.1) is 5.54 Å². The first kappa shape index (κ1) is 18.9. The Hall–Kier alpha value is -1.11. The lowest BCUT2D eigenvalue weighted by Crippen LogP contribution is -2.48. The van der Waals surface area contributed by atoms with Crippen molar-refractivity contribution in [2.75, 3.05) is 18.0 Å². The second kappa shape index (κ2) is 6.98. The number of rotatable bonds is 3. The van der Waals surface area contributed by atoms with Gasteiger partial charge < -0.3 is 16.0 Å². The first-order valence-electron chi connectivity index (χ1n) is 6.78. The molecule has 1 aliphatic heterocycles. The molecule has 0 spiro atoms. The molecule has 0 bridgehead atoms. The molecule has 3 rings (SSSR count). The van der Waals surface area contributed by atoms with Crippen LogP contribution in [0.25, 0.3) is 0 Å². The lowest BCUT2D eigenvalue weighted by atomic mass is 10.2. The van der Waals surface area contributed by atoms with E-state index in [1.807, 2.05) is 0 Å². The third kappa shape index (κ3) is 3.62. The molecule has 1 saturated carbocycles. The summed E-state index contributed by atoms with van der Waals surface area (Å²) in [4.78, 5) is 13.5. The molecule has 2 fully saturated rings. The lowest BCUT2D eigenvalue weighted by Gasteiger charge is -2.21. The van der Waals surface area contributed by atoms with Gasteiger partial charge in [-0.3, -0.25) is 4.79 Å². The van der Waals surface area contributed by atoms with Crippen LogP contribution >= 0.6 is 24.8 Å². The Morgan fingerprint density at radius 2 is 1.86 bits per heavy atom. The SMILES string of the molecule is Cl.Cl.NC1(C(=O)NC2CCN(c3c(F)cccc3F)C2)CC1. The molecule has 1 aromatic carbocycles. The minimum Gasteiger partial charge on any atom is -0.365 e. The first-order valence-corrected chi connectivity index (χ1v) is 6.78. The van der Waals surface area contributed by atoms with Crippen molar-refractivity contribution >= 4 is 36.4 Å². The van der Waals surface area contributed by atoms with Gasteiger partial charge in [0.1, 0.15) is 17.3 Å². The smallest absolute Gasteiger partial charge is 0.240 e. The highest BCUT2D eigenvalue weighted by atomic mass is 35.5. The van der Waals surface area contributed by atoms with Crippen LogP contribution in [-0.4, -0.2) is 30.6 Å². The predicted octanol–water partition coefficient (Wildman–Crippen LogP) is 1.99. The number of benzene rings is 1. The van der Waals surface area contributed by atoms with Gasteiger partial charge in [0.25, 0.3) is 0 Å². The Bertz CT molecular complexity index is 535. The van der Waals surface area contributed by atoms with Crippen molar-refractivity contribution in [3.63, 3.8) is 0 Å². The number of carbonyl (C=O) groups is 1. The summed E-state index contributed by atoms with van der Waals surface area (Å²) in [7, 11) is 0. The molecular formula is C14H19Cl2F2N3O. The molecule has 1 aliphatic carbocycles.